The predicted octanol–water partition coefficient (Wildman–Crippen LogP) is 2.55. The van der Waals surface area contributed by atoms with Gasteiger partial charge in [-0.1, -0.05) is 24.3 Å². The van der Waals surface area contributed by atoms with E-state index in [0.717, 1.165) is 11.5 Å². The van der Waals surface area contributed by atoms with E-state index in [1.165, 1.54) is 0 Å². The zero-order chi connectivity index (χ0) is 12.8. The van der Waals surface area contributed by atoms with E-state index in [0.29, 0.717) is 13.0 Å². The van der Waals surface area contributed by atoms with Gasteiger partial charge in [-0.25, -0.2) is 4.98 Å². The first kappa shape index (κ1) is 12.1. The smallest absolute Gasteiger partial charge is 0.132 e. The maximum absolute atomic E-state index is 7.34. The van der Waals surface area contributed by atoms with E-state index in [9.17, 15) is 0 Å². The molecule has 0 aliphatic rings. The summed E-state index contributed by atoms with van der Waals surface area (Å²) in [5, 5.41) is 7.34. The zero-order valence-corrected chi connectivity index (χ0v) is 10.1. The maximum atomic E-state index is 7.34. The summed E-state index contributed by atoms with van der Waals surface area (Å²) in [6, 6.07) is 15.8. The Labute approximate surface area is 107 Å². The van der Waals surface area contributed by atoms with Gasteiger partial charge < -0.3 is 10.6 Å². The minimum atomic E-state index is 0.187. The van der Waals surface area contributed by atoms with Crippen molar-refractivity contribution in [3.05, 3.63) is 54.7 Å². The highest BCUT2D eigenvalue weighted by molar-refractivity contribution is 5.78. The normalized spacial score (nSPS) is 10.0. The average Bonchev–Trinajstić information content (AvgIpc) is 2.41. The molecule has 0 saturated carbocycles. The second-order valence-electron chi connectivity index (χ2n) is 3.95. The lowest BCUT2D eigenvalue weighted by Gasteiger charge is -2.23. The number of nitrogens with zero attached hydrogens (tertiary/aromatic N) is 2. The molecule has 0 spiro atoms. The van der Waals surface area contributed by atoms with Gasteiger partial charge in [0, 0.05) is 24.8 Å². The fourth-order valence-corrected chi connectivity index (χ4v) is 1.73. The van der Waals surface area contributed by atoms with Crippen LogP contribution in [-0.2, 0) is 0 Å². The molecule has 0 bridgehead atoms. The van der Waals surface area contributed by atoms with Crippen molar-refractivity contribution in [1.29, 1.82) is 5.41 Å². The average molecular weight is 240 g/mol. The lowest BCUT2D eigenvalue weighted by atomic mass is 10.2. The van der Waals surface area contributed by atoms with Crippen LogP contribution in [0.1, 0.15) is 6.42 Å². The molecule has 0 saturated heterocycles. The molecule has 92 valence electrons. The molecule has 0 unspecified atom stereocenters. The van der Waals surface area contributed by atoms with Crippen LogP contribution in [0.4, 0.5) is 11.5 Å². The predicted molar refractivity (Wildman–Crippen MR) is 74.2 cm³/mol. The van der Waals surface area contributed by atoms with Crippen molar-refractivity contribution in [2.45, 2.75) is 6.42 Å². The van der Waals surface area contributed by atoms with Crippen molar-refractivity contribution in [2.75, 3.05) is 11.4 Å². The summed E-state index contributed by atoms with van der Waals surface area (Å²) in [4.78, 5) is 6.40. The van der Waals surface area contributed by atoms with Crippen molar-refractivity contribution in [1.82, 2.24) is 4.98 Å². The van der Waals surface area contributed by atoms with Crippen molar-refractivity contribution in [3.63, 3.8) is 0 Å². The molecular weight excluding hydrogens is 224 g/mol. The van der Waals surface area contributed by atoms with Crippen LogP contribution in [0.5, 0.6) is 0 Å². The second kappa shape index (κ2) is 5.82. The van der Waals surface area contributed by atoms with Gasteiger partial charge in [-0.15, -0.1) is 0 Å². The summed E-state index contributed by atoms with van der Waals surface area (Å²) in [6.45, 7) is 0.649. The molecule has 18 heavy (non-hydrogen) atoms. The highest BCUT2D eigenvalue weighted by Gasteiger charge is 2.09. The number of hydrogen-bond acceptors (Lipinski definition) is 3. The molecular formula is C14H16N4. The Kier molecular flexibility index (Phi) is 3.91. The van der Waals surface area contributed by atoms with Gasteiger partial charge in [-0.05, 0) is 24.3 Å². The Hall–Kier alpha value is -2.36. The number of pyridine rings is 1. The molecule has 1 aromatic heterocycles. The molecule has 0 aliphatic carbocycles. The summed E-state index contributed by atoms with van der Waals surface area (Å²) >= 11 is 0. The number of rotatable bonds is 5. The first-order chi connectivity index (χ1) is 8.77. The quantitative estimate of drug-likeness (QED) is 0.623. The van der Waals surface area contributed by atoms with E-state index in [-0.39, 0.29) is 5.84 Å². The topological polar surface area (TPSA) is 66.0 Å². The van der Waals surface area contributed by atoms with Gasteiger partial charge in [-0.3, -0.25) is 5.41 Å². The number of aromatic nitrogens is 1. The fraction of sp³-hybridized carbons (Fsp3) is 0.143. The van der Waals surface area contributed by atoms with Crippen LogP contribution in [0.2, 0.25) is 0 Å². The molecule has 0 amide bonds. The molecule has 1 heterocycles. The van der Waals surface area contributed by atoms with E-state index >= 15 is 0 Å². The molecule has 0 radical (unpaired) electrons. The Balaban J connectivity index is 2.26. The van der Waals surface area contributed by atoms with Gasteiger partial charge in [0.05, 0.1) is 5.84 Å². The number of para-hydroxylation sites is 1. The van der Waals surface area contributed by atoms with Crippen LogP contribution >= 0.6 is 0 Å². The first-order valence-electron chi connectivity index (χ1n) is 5.84. The number of nitrogens with one attached hydrogen (secondary N) is 1. The molecule has 0 atom stereocenters. The van der Waals surface area contributed by atoms with Crippen LogP contribution in [0, 0.1) is 5.41 Å². The molecule has 4 heteroatoms. The monoisotopic (exact) mass is 240 g/mol. The van der Waals surface area contributed by atoms with Crippen LogP contribution < -0.4 is 10.6 Å². The van der Waals surface area contributed by atoms with Gasteiger partial charge in [0.15, 0.2) is 0 Å². The Morgan fingerprint density at radius 1 is 1.11 bits per heavy atom. The van der Waals surface area contributed by atoms with E-state index in [2.05, 4.69) is 9.88 Å². The number of nitrogens with two attached hydrogens (primary N) is 1. The van der Waals surface area contributed by atoms with Gasteiger partial charge in [-0.2, -0.15) is 0 Å². The third kappa shape index (κ3) is 3.07. The summed E-state index contributed by atoms with van der Waals surface area (Å²) in [5.74, 6) is 1.05. The standard InChI is InChI=1S/C14H16N4/c15-13(16)9-11-18(12-6-2-1-3-7-12)14-8-4-5-10-17-14/h1-8,10H,9,11H2,(H3,15,16). The van der Waals surface area contributed by atoms with Gasteiger partial charge >= 0.3 is 0 Å². The van der Waals surface area contributed by atoms with Crippen LogP contribution in [0.25, 0.3) is 0 Å². The molecule has 0 fully saturated rings. The molecule has 4 nitrogen and oxygen atoms in total. The third-order valence-electron chi connectivity index (χ3n) is 2.60. The largest absolute Gasteiger partial charge is 0.388 e. The lowest BCUT2D eigenvalue weighted by molar-refractivity contribution is 0.932. The number of benzene rings is 1. The van der Waals surface area contributed by atoms with Gasteiger partial charge in [0.25, 0.3) is 0 Å². The minimum absolute atomic E-state index is 0.187. The first-order valence-corrected chi connectivity index (χ1v) is 5.84. The highest BCUT2D eigenvalue weighted by atomic mass is 15.2. The molecule has 1 aromatic carbocycles. The molecule has 2 aromatic rings. The van der Waals surface area contributed by atoms with Crippen molar-refractivity contribution >= 4 is 17.3 Å². The van der Waals surface area contributed by atoms with Gasteiger partial charge in [0.2, 0.25) is 0 Å². The highest BCUT2D eigenvalue weighted by Crippen LogP contribution is 2.22. The molecule has 3 N–H and O–H groups in total. The summed E-state index contributed by atoms with van der Waals surface area (Å²) in [5.41, 5.74) is 6.49. The van der Waals surface area contributed by atoms with E-state index < -0.39 is 0 Å². The van der Waals surface area contributed by atoms with Crippen molar-refractivity contribution in [3.8, 4) is 0 Å². The van der Waals surface area contributed by atoms with Crippen molar-refractivity contribution < 1.29 is 0 Å². The molecule has 0 aliphatic heterocycles. The Bertz CT molecular complexity index is 456. The minimum Gasteiger partial charge on any atom is -0.388 e. The number of anilines is 2. The Morgan fingerprint density at radius 3 is 2.44 bits per heavy atom. The summed E-state index contributed by atoms with van der Waals surface area (Å²) in [7, 11) is 0. The van der Waals surface area contributed by atoms with Crippen molar-refractivity contribution in [2.24, 2.45) is 5.73 Å². The van der Waals surface area contributed by atoms with Crippen LogP contribution in [0.15, 0.2) is 54.7 Å². The second-order valence-corrected chi connectivity index (χ2v) is 3.95. The lowest BCUT2D eigenvalue weighted by Crippen LogP contribution is -2.24. The zero-order valence-electron chi connectivity index (χ0n) is 10.1. The van der Waals surface area contributed by atoms with Gasteiger partial charge in [0.1, 0.15) is 5.82 Å². The fourth-order valence-electron chi connectivity index (χ4n) is 1.73. The van der Waals surface area contributed by atoms with Crippen LogP contribution in [-0.4, -0.2) is 17.4 Å². The van der Waals surface area contributed by atoms with Crippen LogP contribution in [0.3, 0.4) is 0 Å². The summed E-state index contributed by atoms with van der Waals surface area (Å²) < 4.78 is 0. The maximum Gasteiger partial charge on any atom is 0.132 e. The third-order valence-corrected chi connectivity index (χ3v) is 2.60. The van der Waals surface area contributed by atoms with E-state index in [4.69, 9.17) is 11.1 Å². The number of amidine groups is 1. The van der Waals surface area contributed by atoms with E-state index in [1.807, 2.05) is 48.5 Å². The Morgan fingerprint density at radius 2 is 1.83 bits per heavy atom. The van der Waals surface area contributed by atoms with E-state index in [1.54, 1.807) is 6.20 Å². The SMILES string of the molecule is N=C(N)CCN(c1ccccc1)c1ccccn1. The number of hydrogen-bond donors (Lipinski definition) is 2. The molecule has 2 rings (SSSR count). The summed E-state index contributed by atoms with van der Waals surface area (Å²) in [6.07, 6.45) is 2.28.